The largest absolute Gasteiger partial charge is 0.387 e. The molecular formula is C12H15N3O. The molecule has 0 saturated heterocycles. The molecule has 0 fully saturated rings. The lowest BCUT2D eigenvalue weighted by Gasteiger charge is -2.08. The fraction of sp³-hybridized carbons (Fsp3) is 0.333. The first-order valence-electron chi connectivity index (χ1n) is 5.32. The zero-order valence-electron chi connectivity index (χ0n) is 9.27. The van der Waals surface area contributed by atoms with Crippen molar-refractivity contribution in [1.29, 1.82) is 0 Å². The van der Waals surface area contributed by atoms with Gasteiger partial charge in [0.2, 0.25) is 0 Å². The van der Waals surface area contributed by atoms with E-state index in [2.05, 4.69) is 22.1 Å². The molecule has 1 atom stereocenters. The maximum atomic E-state index is 9.46. The Balaban J connectivity index is 2.26. The molecule has 0 spiro atoms. The Morgan fingerprint density at radius 1 is 1.56 bits per heavy atom. The topological polar surface area (TPSA) is 57.5 Å². The van der Waals surface area contributed by atoms with Gasteiger partial charge in [-0.3, -0.25) is 4.98 Å². The summed E-state index contributed by atoms with van der Waals surface area (Å²) in [6.45, 7) is 6.54. The molecule has 1 aromatic heterocycles. The number of pyridine rings is 1. The van der Waals surface area contributed by atoms with E-state index >= 15 is 0 Å². The molecule has 4 heteroatoms. The maximum Gasteiger partial charge on any atom is 0.0932 e. The van der Waals surface area contributed by atoms with E-state index < -0.39 is 6.10 Å². The van der Waals surface area contributed by atoms with Gasteiger partial charge < -0.3 is 10.5 Å². The molecule has 1 aliphatic heterocycles. The number of aliphatic hydroxyl groups is 1. The summed E-state index contributed by atoms with van der Waals surface area (Å²) < 4.78 is 0. The van der Waals surface area contributed by atoms with Gasteiger partial charge in [-0.2, -0.15) is 5.10 Å². The Kier molecular flexibility index (Phi) is 3.01. The number of aliphatic hydroxyl groups excluding tert-OH is 1. The first-order valence-corrected chi connectivity index (χ1v) is 5.32. The number of hydrazone groups is 1. The smallest absolute Gasteiger partial charge is 0.0932 e. The van der Waals surface area contributed by atoms with Gasteiger partial charge in [-0.25, -0.2) is 0 Å². The Bertz CT molecular complexity index is 438. The van der Waals surface area contributed by atoms with Crippen LogP contribution in [0.1, 0.15) is 30.8 Å². The van der Waals surface area contributed by atoms with Crippen molar-refractivity contribution in [3.8, 4) is 0 Å². The van der Waals surface area contributed by atoms with Crippen molar-refractivity contribution in [2.45, 2.75) is 19.4 Å². The lowest BCUT2D eigenvalue weighted by atomic mass is 10.1. The van der Waals surface area contributed by atoms with E-state index in [1.54, 1.807) is 13.0 Å². The second-order valence-corrected chi connectivity index (χ2v) is 3.82. The first kappa shape index (κ1) is 10.8. The van der Waals surface area contributed by atoms with Crippen molar-refractivity contribution in [3.05, 3.63) is 36.2 Å². The van der Waals surface area contributed by atoms with Gasteiger partial charge in [-0.05, 0) is 19.1 Å². The summed E-state index contributed by atoms with van der Waals surface area (Å²) in [5.41, 5.74) is 6.11. The van der Waals surface area contributed by atoms with Crippen molar-refractivity contribution in [3.63, 3.8) is 0 Å². The number of allylic oxidation sites excluding steroid dienone is 1. The molecule has 2 heterocycles. The van der Waals surface area contributed by atoms with E-state index in [4.69, 9.17) is 0 Å². The molecule has 2 rings (SSSR count). The normalized spacial score (nSPS) is 16.5. The van der Waals surface area contributed by atoms with E-state index in [0.29, 0.717) is 5.69 Å². The van der Waals surface area contributed by atoms with Crippen LogP contribution in [-0.2, 0) is 0 Å². The number of nitrogens with zero attached hydrogens (tertiary/aromatic N) is 2. The minimum absolute atomic E-state index is 0.559. The summed E-state index contributed by atoms with van der Waals surface area (Å²) >= 11 is 0. The molecule has 0 aromatic carbocycles. The van der Waals surface area contributed by atoms with Crippen LogP contribution in [0.25, 0.3) is 5.57 Å². The van der Waals surface area contributed by atoms with Crippen molar-refractivity contribution >= 4 is 11.3 Å². The van der Waals surface area contributed by atoms with Crippen LogP contribution in [0, 0.1) is 0 Å². The molecular weight excluding hydrogens is 202 g/mol. The summed E-state index contributed by atoms with van der Waals surface area (Å²) in [4.78, 5) is 4.36. The highest BCUT2D eigenvalue weighted by Gasteiger charge is 2.13. The van der Waals surface area contributed by atoms with E-state index in [9.17, 15) is 5.11 Å². The van der Waals surface area contributed by atoms with Crippen molar-refractivity contribution in [2.75, 3.05) is 6.54 Å². The molecule has 0 radical (unpaired) electrons. The number of nitrogens with one attached hydrogen (secondary N) is 1. The monoisotopic (exact) mass is 217 g/mol. The molecule has 1 aliphatic rings. The molecule has 0 bridgehead atoms. The lowest BCUT2D eigenvalue weighted by molar-refractivity contribution is 0.194. The third-order valence-corrected chi connectivity index (χ3v) is 2.54. The predicted molar refractivity (Wildman–Crippen MR) is 64.0 cm³/mol. The molecule has 16 heavy (non-hydrogen) atoms. The second kappa shape index (κ2) is 4.45. The zero-order chi connectivity index (χ0) is 11.5. The van der Waals surface area contributed by atoms with E-state index in [0.717, 1.165) is 29.9 Å². The van der Waals surface area contributed by atoms with Crippen LogP contribution in [0.15, 0.2) is 29.9 Å². The average molecular weight is 217 g/mol. The van der Waals surface area contributed by atoms with Gasteiger partial charge in [0, 0.05) is 18.5 Å². The van der Waals surface area contributed by atoms with Crippen LogP contribution >= 0.6 is 0 Å². The van der Waals surface area contributed by atoms with Crippen LogP contribution < -0.4 is 5.43 Å². The van der Waals surface area contributed by atoms with Crippen LogP contribution in [0.3, 0.4) is 0 Å². The van der Waals surface area contributed by atoms with Crippen LogP contribution in [0.2, 0.25) is 0 Å². The SMILES string of the molecule is C=C(C1=NNCC1)c1cccc(C(C)O)n1. The quantitative estimate of drug-likeness (QED) is 0.806. The summed E-state index contributed by atoms with van der Waals surface area (Å²) in [5, 5.41) is 13.6. The summed E-state index contributed by atoms with van der Waals surface area (Å²) in [6, 6.07) is 5.56. The van der Waals surface area contributed by atoms with Crippen molar-refractivity contribution in [2.24, 2.45) is 5.10 Å². The number of hydrogen-bond acceptors (Lipinski definition) is 4. The van der Waals surface area contributed by atoms with Crippen LogP contribution in [0.5, 0.6) is 0 Å². The van der Waals surface area contributed by atoms with Gasteiger partial charge in [0.25, 0.3) is 0 Å². The summed E-state index contributed by atoms with van der Waals surface area (Å²) in [5.74, 6) is 0. The van der Waals surface area contributed by atoms with Crippen LogP contribution in [0.4, 0.5) is 0 Å². The second-order valence-electron chi connectivity index (χ2n) is 3.82. The van der Waals surface area contributed by atoms with Gasteiger partial charge >= 0.3 is 0 Å². The lowest BCUT2D eigenvalue weighted by Crippen LogP contribution is -2.03. The number of hydrogen-bond donors (Lipinski definition) is 2. The number of rotatable bonds is 3. The Morgan fingerprint density at radius 2 is 2.38 bits per heavy atom. The van der Waals surface area contributed by atoms with Gasteiger partial charge in [-0.15, -0.1) is 0 Å². The minimum Gasteiger partial charge on any atom is -0.387 e. The Morgan fingerprint density at radius 3 is 3.00 bits per heavy atom. The molecule has 0 amide bonds. The average Bonchev–Trinajstić information content (AvgIpc) is 2.81. The number of aromatic nitrogens is 1. The summed E-state index contributed by atoms with van der Waals surface area (Å²) in [6.07, 6.45) is 0.316. The van der Waals surface area contributed by atoms with Crippen LogP contribution in [-0.4, -0.2) is 22.3 Å². The fourth-order valence-electron chi connectivity index (χ4n) is 1.60. The molecule has 84 valence electrons. The third-order valence-electron chi connectivity index (χ3n) is 2.54. The standard InChI is InChI=1S/C12H15N3O/c1-8(11-6-7-13-15-11)10-4-3-5-12(14-10)9(2)16/h3-5,9,13,16H,1,6-7H2,2H3. The van der Waals surface area contributed by atoms with E-state index in [1.807, 2.05) is 12.1 Å². The molecule has 1 unspecified atom stereocenters. The molecule has 1 aromatic rings. The van der Waals surface area contributed by atoms with Gasteiger partial charge in [0.15, 0.2) is 0 Å². The highest BCUT2D eigenvalue weighted by molar-refractivity contribution is 6.23. The summed E-state index contributed by atoms with van der Waals surface area (Å²) in [7, 11) is 0. The molecule has 2 N–H and O–H groups in total. The van der Waals surface area contributed by atoms with Crippen molar-refractivity contribution in [1.82, 2.24) is 10.4 Å². The fourth-order valence-corrected chi connectivity index (χ4v) is 1.60. The first-order chi connectivity index (χ1) is 7.68. The highest BCUT2D eigenvalue weighted by atomic mass is 16.3. The van der Waals surface area contributed by atoms with Gasteiger partial charge in [0.05, 0.1) is 23.2 Å². The zero-order valence-corrected chi connectivity index (χ0v) is 9.27. The Hall–Kier alpha value is -1.68. The van der Waals surface area contributed by atoms with Crippen molar-refractivity contribution < 1.29 is 5.11 Å². The van der Waals surface area contributed by atoms with E-state index in [-0.39, 0.29) is 0 Å². The van der Waals surface area contributed by atoms with Gasteiger partial charge in [0.1, 0.15) is 0 Å². The molecule has 0 aliphatic carbocycles. The predicted octanol–water partition coefficient (Wildman–Crippen LogP) is 1.50. The van der Waals surface area contributed by atoms with Gasteiger partial charge in [-0.1, -0.05) is 12.6 Å². The van der Waals surface area contributed by atoms with E-state index in [1.165, 1.54) is 0 Å². The highest BCUT2D eigenvalue weighted by Crippen LogP contribution is 2.18. The maximum absolute atomic E-state index is 9.46. The molecule has 0 saturated carbocycles. The third kappa shape index (κ3) is 2.12. The Labute approximate surface area is 94.7 Å². The minimum atomic E-state index is -0.559. The molecule has 4 nitrogen and oxygen atoms in total.